The number of hydrogen-bond donors (Lipinski definition) is 2. The number of halogens is 1. The van der Waals surface area contributed by atoms with E-state index >= 15 is 0 Å². The summed E-state index contributed by atoms with van der Waals surface area (Å²) in [5, 5.41) is 6.68. The van der Waals surface area contributed by atoms with Crippen molar-refractivity contribution in [3.63, 3.8) is 0 Å². The van der Waals surface area contributed by atoms with Crippen molar-refractivity contribution in [3.8, 4) is 5.75 Å². The normalized spacial score (nSPS) is 11.4. The Bertz CT molecular complexity index is 480. The molecule has 0 radical (unpaired) electrons. The van der Waals surface area contributed by atoms with Gasteiger partial charge in [0.25, 0.3) is 0 Å². The summed E-state index contributed by atoms with van der Waals surface area (Å²) in [7, 11) is 3.84. The molecule has 1 aromatic carbocycles. The molecular formula is C18H33IN4O. The average molecular weight is 448 g/mol. The molecule has 0 amide bonds. The molecule has 0 atom stereocenters. The monoisotopic (exact) mass is 448 g/mol. The summed E-state index contributed by atoms with van der Waals surface area (Å²) in [6.07, 6.45) is 0.903. The number of para-hydroxylation sites is 1. The van der Waals surface area contributed by atoms with Gasteiger partial charge in [0.2, 0.25) is 0 Å². The molecule has 0 unspecified atom stereocenters. The number of ether oxygens (including phenoxy) is 1. The van der Waals surface area contributed by atoms with E-state index in [0.717, 1.165) is 44.3 Å². The van der Waals surface area contributed by atoms with Gasteiger partial charge in [-0.2, -0.15) is 0 Å². The maximum absolute atomic E-state index is 5.38. The third kappa shape index (κ3) is 8.73. The SMILES string of the molecule is CCNC(=NCCN(C)C(C)C)NCCc1ccccc1OC.I. The zero-order chi connectivity index (χ0) is 17.1. The molecule has 0 fully saturated rings. The van der Waals surface area contributed by atoms with Gasteiger partial charge in [-0.3, -0.25) is 4.99 Å². The lowest BCUT2D eigenvalue weighted by Crippen LogP contribution is -2.39. The molecule has 5 nitrogen and oxygen atoms in total. The summed E-state index contributed by atoms with van der Waals surface area (Å²) in [4.78, 5) is 6.92. The van der Waals surface area contributed by atoms with Crippen LogP contribution in [0.15, 0.2) is 29.3 Å². The van der Waals surface area contributed by atoms with E-state index in [-0.39, 0.29) is 24.0 Å². The van der Waals surface area contributed by atoms with Gasteiger partial charge in [0.1, 0.15) is 5.75 Å². The van der Waals surface area contributed by atoms with Crippen LogP contribution in [-0.4, -0.2) is 57.2 Å². The number of guanidine groups is 1. The summed E-state index contributed by atoms with van der Waals surface area (Å²) in [6.45, 7) is 9.91. The van der Waals surface area contributed by atoms with Gasteiger partial charge < -0.3 is 20.3 Å². The molecule has 0 bridgehead atoms. The molecule has 0 aliphatic carbocycles. The zero-order valence-electron chi connectivity index (χ0n) is 15.6. The molecule has 2 N–H and O–H groups in total. The Balaban J connectivity index is 0.00000529. The van der Waals surface area contributed by atoms with Crippen LogP contribution in [0.5, 0.6) is 5.75 Å². The fourth-order valence-electron chi connectivity index (χ4n) is 2.14. The van der Waals surface area contributed by atoms with Gasteiger partial charge in [0.15, 0.2) is 5.96 Å². The number of aliphatic imine (C=N–C) groups is 1. The van der Waals surface area contributed by atoms with Gasteiger partial charge in [-0.25, -0.2) is 0 Å². The minimum atomic E-state index is 0. The van der Waals surface area contributed by atoms with Gasteiger partial charge >= 0.3 is 0 Å². The van der Waals surface area contributed by atoms with Crippen molar-refractivity contribution in [2.24, 2.45) is 4.99 Å². The van der Waals surface area contributed by atoms with Crippen LogP contribution in [-0.2, 0) is 6.42 Å². The second-order valence-electron chi connectivity index (χ2n) is 5.82. The second-order valence-corrected chi connectivity index (χ2v) is 5.82. The number of likely N-dealkylation sites (N-methyl/N-ethyl adjacent to an activating group) is 1. The van der Waals surface area contributed by atoms with Crippen LogP contribution in [0.1, 0.15) is 26.3 Å². The van der Waals surface area contributed by atoms with Crippen molar-refractivity contribution < 1.29 is 4.74 Å². The number of benzene rings is 1. The molecule has 1 rings (SSSR count). The zero-order valence-corrected chi connectivity index (χ0v) is 18.0. The van der Waals surface area contributed by atoms with E-state index in [4.69, 9.17) is 4.74 Å². The first-order chi connectivity index (χ1) is 11.1. The summed E-state index contributed by atoms with van der Waals surface area (Å²) in [6, 6.07) is 8.68. The lowest BCUT2D eigenvalue weighted by Gasteiger charge is -2.20. The lowest BCUT2D eigenvalue weighted by atomic mass is 10.1. The number of rotatable bonds is 9. The van der Waals surface area contributed by atoms with Crippen molar-refractivity contribution in [1.29, 1.82) is 0 Å². The Morgan fingerprint density at radius 2 is 1.96 bits per heavy atom. The van der Waals surface area contributed by atoms with Crippen molar-refractivity contribution >= 4 is 29.9 Å². The van der Waals surface area contributed by atoms with E-state index in [1.165, 1.54) is 5.56 Å². The van der Waals surface area contributed by atoms with E-state index < -0.39 is 0 Å². The molecule has 0 spiro atoms. The fourth-order valence-corrected chi connectivity index (χ4v) is 2.14. The predicted octanol–water partition coefficient (Wildman–Crippen LogP) is 2.75. The van der Waals surface area contributed by atoms with Crippen LogP contribution in [0.2, 0.25) is 0 Å². The number of hydrogen-bond acceptors (Lipinski definition) is 3. The number of methoxy groups -OCH3 is 1. The first kappa shape index (κ1) is 23.0. The molecule has 1 aromatic rings. The van der Waals surface area contributed by atoms with Crippen LogP contribution < -0.4 is 15.4 Å². The quantitative estimate of drug-likeness (QED) is 0.347. The Hall–Kier alpha value is -1.02. The van der Waals surface area contributed by atoms with Gasteiger partial charge in [0, 0.05) is 25.7 Å². The van der Waals surface area contributed by atoms with E-state index in [1.807, 2.05) is 18.2 Å². The Kier molecular flexibility index (Phi) is 12.7. The summed E-state index contributed by atoms with van der Waals surface area (Å²) < 4.78 is 5.38. The summed E-state index contributed by atoms with van der Waals surface area (Å²) in [5.74, 6) is 1.81. The topological polar surface area (TPSA) is 48.9 Å². The van der Waals surface area contributed by atoms with Crippen molar-refractivity contribution in [3.05, 3.63) is 29.8 Å². The minimum absolute atomic E-state index is 0. The average Bonchev–Trinajstić information content (AvgIpc) is 2.55. The highest BCUT2D eigenvalue weighted by molar-refractivity contribution is 14.0. The highest BCUT2D eigenvalue weighted by Crippen LogP contribution is 2.17. The minimum Gasteiger partial charge on any atom is -0.496 e. The third-order valence-corrected chi connectivity index (χ3v) is 3.83. The largest absolute Gasteiger partial charge is 0.496 e. The third-order valence-electron chi connectivity index (χ3n) is 3.83. The molecule has 0 aromatic heterocycles. The lowest BCUT2D eigenvalue weighted by molar-refractivity contribution is 0.282. The molecule has 0 aliphatic heterocycles. The molecular weight excluding hydrogens is 415 g/mol. The molecule has 0 saturated carbocycles. The van der Waals surface area contributed by atoms with E-state index in [1.54, 1.807) is 7.11 Å². The summed E-state index contributed by atoms with van der Waals surface area (Å²) in [5.41, 5.74) is 1.21. The van der Waals surface area contributed by atoms with Crippen LogP contribution in [0.25, 0.3) is 0 Å². The molecule has 6 heteroatoms. The van der Waals surface area contributed by atoms with Gasteiger partial charge in [0.05, 0.1) is 13.7 Å². The second kappa shape index (κ2) is 13.3. The maximum Gasteiger partial charge on any atom is 0.191 e. The van der Waals surface area contributed by atoms with Crippen LogP contribution in [0, 0.1) is 0 Å². The van der Waals surface area contributed by atoms with E-state index in [0.29, 0.717) is 6.04 Å². The number of nitrogens with one attached hydrogen (secondary N) is 2. The van der Waals surface area contributed by atoms with Crippen LogP contribution >= 0.6 is 24.0 Å². The van der Waals surface area contributed by atoms with Crippen LogP contribution in [0.3, 0.4) is 0 Å². The first-order valence-corrected chi connectivity index (χ1v) is 8.42. The predicted molar refractivity (Wildman–Crippen MR) is 114 cm³/mol. The molecule has 0 heterocycles. The standard InChI is InChI=1S/C18H32N4O.HI/c1-6-19-18(21-13-14-22(4)15(2)3)20-12-11-16-9-7-8-10-17(16)23-5;/h7-10,15H,6,11-14H2,1-5H3,(H2,19,20,21);1H. The van der Waals surface area contributed by atoms with Crippen molar-refractivity contribution in [2.75, 3.05) is 40.3 Å². The Morgan fingerprint density at radius 1 is 1.25 bits per heavy atom. The molecule has 138 valence electrons. The van der Waals surface area contributed by atoms with Gasteiger partial charge in [-0.1, -0.05) is 18.2 Å². The highest BCUT2D eigenvalue weighted by Gasteiger charge is 2.04. The van der Waals surface area contributed by atoms with Crippen molar-refractivity contribution in [2.45, 2.75) is 33.2 Å². The molecule has 0 aliphatic rings. The van der Waals surface area contributed by atoms with Crippen LogP contribution in [0.4, 0.5) is 0 Å². The first-order valence-electron chi connectivity index (χ1n) is 8.42. The molecule has 0 saturated heterocycles. The van der Waals surface area contributed by atoms with E-state index in [2.05, 4.69) is 54.4 Å². The van der Waals surface area contributed by atoms with Crippen molar-refractivity contribution in [1.82, 2.24) is 15.5 Å². The maximum atomic E-state index is 5.38. The van der Waals surface area contributed by atoms with E-state index in [9.17, 15) is 0 Å². The Labute approximate surface area is 164 Å². The number of nitrogens with zero attached hydrogens (tertiary/aromatic N) is 2. The Morgan fingerprint density at radius 3 is 2.58 bits per heavy atom. The molecule has 24 heavy (non-hydrogen) atoms. The highest BCUT2D eigenvalue weighted by atomic mass is 127. The fraction of sp³-hybridized carbons (Fsp3) is 0.611. The smallest absolute Gasteiger partial charge is 0.191 e. The van der Waals surface area contributed by atoms with Gasteiger partial charge in [-0.05, 0) is 45.9 Å². The summed E-state index contributed by atoms with van der Waals surface area (Å²) >= 11 is 0. The van der Waals surface area contributed by atoms with Gasteiger partial charge in [-0.15, -0.1) is 24.0 Å².